The van der Waals surface area contributed by atoms with Crippen molar-refractivity contribution in [2.45, 2.75) is 26.8 Å². The molecule has 3 heterocycles. The molecule has 0 spiro atoms. The van der Waals surface area contributed by atoms with Crippen LogP contribution in [-0.2, 0) is 6.54 Å². The Morgan fingerprint density at radius 2 is 1.68 bits per heavy atom. The maximum Gasteiger partial charge on any atom is 0.267 e. The van der Waals surface area contributed by atoms with Gasteiger partial charge in [0.15, 0.2) is 0 Å². The number of benzene rings is 2. The standard InChI is InChI=1S/C27H25FN6O3/c1-14-21(23-22(25(29)35)19-9-8-18(28)12-20(19)31-24(23)26(30)36)15(2)34(32-14)13-16-4-6-17(7-5-16)27(37)33-10-3-11-33/h4-9,12H,3,10-11,13H2,1-2H3,(H2,29,35)(H2,30,36). The number of nitrogens with two attached hydrogens (primary N) is 2. The molecule has 0 unspecified atom stereocenters. The first-order valence-electron chi connectivity index (χ1n) is 11.8. The molecule has 1 fully saturated rings. The molecule has 37 heavy (non-hydrogen) atoms. The molecule has 4 N–H and O–H groups in total. The first-order valence-corrected chi connectivity index (χ1v) is 11.8. The second kappa shape index (κ2) is 9.12. The molecule has 2 aromatic heterocycles. The van der Waals surface area contributed by atoms with E-state index in [0.717, 1.165) is 31.1 Å². The van der Waals surface area contributed by atoms with Crippen molar-refractivity contribution in [3.05, 3.63) is 82.1 Å². The number of halogens is 1. The van der Waals surface area contributed by atoms with Gasteiger partial charge < -0.3 is 16.4 Å². The van der Waals surface area contributed by atoms with Gasteiger partial charge >= 0.3 is 0 Å². The van der Waals surface area contributed by atoms with Crippen molar-refractivity contribution >= 4 is 28.6 Å². The second-order valence-electron chi connectivity index (χ2n) is 9.15. The summed E-state index contributed by atoms with van der Waals surface area (Å²) in [5.41, 5.74) is 14.8. The lowest BCUT2D eigenvalue weighted by molar-refractivity contribution is 0.0651. The highest BCUT2D eigenvalue weighted by Crippen LogP contribution is 2.36. The second-order valence-corrected chi connectivity index (χ2v) is 9.15. The zero-order valence-corrected chi connectivity index (χ0v) is 20.4. The molecule has 0 saturated carbocycles. The molecule has 0 radical (unpaired) electrons. The minimum Gasteiger partial charge on any atom is -0.366 e. The van der Waals surface area contributed by atoms with Crippen molar-refractivity contribution < 1.29 is 18.8 Å². The number of aromatic nitrogens is 3. The van der Waals surface area contributed by atoms with E-state index < -0.39 is 17.6 Å². The number of amides is 3. The Hall–Kier alpha value is -4.60. The van der Waals surface area contributed by atoms with Gasteiger partial charge in [0.05, 0.1) is 23.3 Å². The van der Waals surface area contributed by atoms with Crippen LogP contribution in [0.15, 0.2) is 42.5 Å². The summed E-state index contributed by atoms with van der Waals surface area (Å²) < 4.78 is 15.6. The number of primary amides is 2. The number of hydrogen-bond acceptors (Lipinski definition) is 5. The third-order valence-corrected chi connectivity index (χ3v) is 6.74. The third kappa shape index (κ3) is 4.20. The van der Waals surface area contributed by atoms with Gasteiger partial charge in [0.25, 0.3) is 11.8 Å². The molecule has 2 aromatic carbocycles. The third-order valence-electron chi connectivity index (χ3n) is 6.74. The maximum absolute atomic E-state index is 13.9. The summed E-state index contributed by atoms with van der Waals surface area (Å²) >= 11 is 0. The molecule has 3 amide bonds. The van der Waals surface area contributed by atoms with E-state index in [-0.39, 0.29) is 28.2 Å². The average molecular weight is 501 g/mol. The lowest BCUT2D eigenvalue weighted by atomic mass is 9.92. The lowest BCUT2D eigenvalue weighted by Gasteiger charge is -2.30. The van der Waals surface area contributed by atoms with E-state index >= 15 is 0 Å². The van der Waals surface area contributed by atoms with E-state index in [0.29, 0.717) is 34.4 Å². The van der Waals surface area contributed by atoms with Crippen LogP contribution in [0.1, 0.15) is 54.6 Å². The van der Waals surface area contributed by atoms with E-state index in [4.69, 9.17) is 11.5 Å². The summed E-state index contributed by atoms with van der Waals surface area (Å²) in [6, 6.07) is 11.1. The minimum absolute atomic E-state index is 0.0212. The van der Waals surface area contributed by atoms with E-state index in [1.54, 1.807) is 28.6 Å². The van der Waals surface area contributed by atoms with Crippen LogP contribution < -0.4 is 11.5 Å². The van der Waals surface area contributed by atoms with Crippen LogP contribution in [0.3, 0.4) is 0 Å². The summed E-state index contributed by atoms with van der Waals surface area (Å²) in [6.07, 6.45) is 1.03. The molecular weight excluding hydrogens is 475 g/mol. The predicted octanol–water partition coefficient (Wildman–Crippen LogP) is 2.95. The summed E-state index contributed by atoms with van der Waals surface area (Å²) in [5, 5.41) is 4.94. The van der Waals surface area contributed by atoms with Gasteiger partial charge in [-0.2, -0.15) is 5.10 Å². The molecule has 9 nitrogen and oxygen atoms in total. The van der Waals surface area contributed by atoms with Crippen LogP contribution in [0.25, 0.3) is 22.0 Å². The van der Waals surface area contributed by atoms with E-state index in [1.807, 2.05) is 19.1 Å². The Kier molecular flexibility index (Phi) is 5.94. The van der Waals surface area contributed by atoms with Crippen LogP contribution >= 0.6 is 0 Å². The minimum atomic E-state index is -0.877. The molecule has 1 aliphatic rings. The number of hydrogen-bond donors (Lipinski definition) is 2. The SMILES string of the molecule is Cc1nn(Cc2ccc(C(=O)N3CCC3)cc2)c(C)c1-c1c(C(N)=O)nc2cc(F)ccc2c1C(N)=O. The van der Waals surface area contributed by atoms with Gasteiger partial charge in [-0.3, -0.25) is 19.1 Å². The lowest BCUT2D eigenvalue weighted by Crippen LogP contribution is -2.41. The Balaban J connectivity index is 1.59. The number of rotatable bonds is 6. The molecule has 0 bridgehead atoms. The number of carbonyl (C=O) groups excluding carboxylic acids is 3. The number of pyridine rings is 1. The van der Waals surface area contributed by atoms with Gasteiger partial charge in [0.2, 0.25) is 5.91 Å². The van der Waals surface area contributed by atoms with Gasteiger partial charge in [-0.25, -0.2) is 9.37 Å². The first kappa shape index (κ1) is 24.1. The van der Waals surface area contributed by atoms with Gasteiger partial charge in [0, 0.05) is 46.9 Å². The van der Waals surface area contributed by atoms with Crippen molar-refractivity contribution in [1.82, 2.24) is 19.7 Å². The Bertz CT molecular complexity index is 1590. The summed E-state index contributed by atoms with van der Waals surface area (Å²) in [4.78, 5) is 43.6. The monoisotopic (exact) mass is 500 g/mol. The fourth-order valence-electron chi connectivity index (χ4n) is 4.76. The molecule has 5 rings (SSSR count). The Labute approximate surface area is 211 Å². The maximum atomic E-state index is 13.9. The van der Waals surface area contributed by atoms with Crippen molar-refractivity contribution in [3.63, 3.8) is 0 Å². The average Bonchev–Trinajstić information content (AvgIpc) is 3.09. The summed E-state index contributed by atoms with van der Waals surface area (Å²) in [7, 11) is 0. The topological polar surface area (TPSA) is 137 Å². The molecule has 1 saturated heterocycles. The highest BCUT2D eigenvalue weighted by atomic mass is 19.1. The van der Waals surface area contributed by atoms with Crippen molar-refractivity contribution in [2.24, 2.45) is 11.5 Å². The molecule has 4 aromatic rings. The number of fused-ring (bicyclic) bond motifs is 1. The molecule has 1 aliphatic heterocycles. The van der Waals surface area contributed by atoms with Crippen molar-refractivity contribution in [1.29, 1.82) is 0 Å². The zero-order valence-electron chi connectivity index (χ0n) is 20.4. The quantitative estimate of drug-likeness (QED) is 0.419. The van der Waals surface area contributed by atoms with Crippen molar-refractivity contribution in [3.8, 4) is 11.1 Å². The van der Waals surface area contributed by atoms with Crippen LogP contribution in [0.4, 0.5) is 4.39 Å². The smallest absolute Gasteiger partial charge is 0.267 e. The Morgan fingerprint density at radius 1 is 0.973 bits per heavy atom. The van der Waals surface area contributed by atoms with Crippen LogP contribution in [0.2, 0.25) is 0 Å². The zero-order chi connectivity index (χ0) is 26.4. The molecule has 188 valence electrons. The highest BCUT2D eigenvalue weighted by Gasteiger charge is 2.28. The van der Waals surface area contributed by atoms with E-state index in [2.05, 4.69) is 10.1 Å². The predicted molar refractivity (Wildman–Crippen MR) is 135 cm³/mol. The molecule has 0 atom stereocenters. The fraction of sp³-hybridized carbons (Fsp3) is 0.222. The Morgan fingerprint density at radius 3 is 2.27 bits per heavy atom. The van der Waals surface area contributed by atoms with Gasteiger partial charge in [-0.05, 0) is 50.1 Å². The van der Waals surface area contributed by atoms with Gasteiger partial charge in [0.1, 0.15) is 11.5 Å². The van der Waals surface area contributed by atoms with Crippen LogP contribution in [0, 0.1) is 19.7 Å². The van der Waals surface area contributed by atoms with Crippen molar-refractivity contribution in [2.75, 3.05) is 13.1 Å². The largest absolute Gasteiger partial charge is 0.366 e. The number of likely N-dealkylation sites (tertiary alicyclic amines) is 1. The number of nitrogens with zero attached hydrogens (tertiary/aromatic N) is 4. The first-order chi connectivity index (χ1) is 17.7. The summed E-state index contributed by atoms with van der Waals surface area (Å²) in [5.74, 6) is -2.23. The fourth-order valence-corrected chi connectivity index (χ4v) is 4.76. The molecular formula is C27H25FN6O3. The summed E-state index contributed by atoms with van der Waals surface area (Å²) in [6.45, 7) is 5.51. The molecule has 10 heteroatoms. The van der Waals surface area contributed by atoms with E-state index in [9.17, 15) is 18.8 Å². The van der Waals surface area contributed by atoms with E-state index in [1.165, 1.54) is 12.1 Å². The van der Waals surface area contributed by atoms with Gasteiger partial charge in [-0.15, -0.1) is 0 Å². The van der Waals surface area contributed by atoms with Crippen LogP contribution in [0.5, 0.6) is 0 Å². The normalized spacial score (nSPS) is 13.0. The molecule has 0 aliphatic carbocycles. The van der Waals surface area contributed by atoms with Gasteiger partial charge in [-0.1, -0.05) is 12.1 Å². The number of carbonyl (C=O) groups is 3. The highest BCUT2D eigenvalue weighted by molar-refractivity contribution is 6.15. The van der Waals surface area contributed by atoms with Crippen LogP contribution in [-0.4, -0.2) is 50.5 Å². The number of aryl methyl sites for hydroxylation is 1.